The highest BCUT2D eigenvalue weighted by atomic mass is 16.5. The molecule has 1 aliphatic heterocycles. The largest absolute Gasteiger partial charge is 0.497 e. The van der Waals surface area contributed by atoms with Crippen molar-refractivity contribution >= 4 is 24.5 Å². The standard InChI is InChI=1S/C19H26N2O3.C15H22N2O2.C2H6O/c1-2-3-4-13-21(19(24)6-5-14-22)15-18-9-7-17(8-10-18)11-12-20-16-23;1-11-4-3-9-17(11)15(18)14(16)10-12-5-7-13(19-2)8-6-12;1-3-2/h2,7-10,14,16H,1,3-6,11-13,15H2,(H,20,23);5-8,11,14H,3-4,9-10,16H2,1-2H3;1-2H3. The fourth-order valence-electron chi connectivity index (χ4n) is 4.94. The predicted molar refractivity (Wildman–Crippen MR) is 182 cm³/mol. The molecule has 2 unspecified atom stereocenters. The van der Waals surface area contributed by atoms with Crippen LogP contribution >= 0.6 is 0 Å². The van der Waals surface area contributed by atoms with Gasteiger partial charge in [0.05, 0.1) is 13.2 Å². The van der Waals surface area contributed by atoms with Crippen molar-refractivity contribution in [3.8, 4) is 5.75 Å². The van der Waals surface area contributed by atoms with Gasteiger partial charge >= 0.3 is 0 Å². The second-order valence-corrected chi connectivity index (χ2v) is 11.2. The molecular formula is C36H54N4O6. The smallest absolute Gasteiger partial charge is 0.240 e. The van der Waals surface area contributed by atoms with Gasteiger partial charge in [0.2, 0.25) is 18.2 Å². The fraction of sp³-hybridized carbons (Fsp3) is 0.500. The average molecular weight is 639 g/mol. The number of ether oxygens (including phenoxy) is 2. The highest BCUT2D eigenvalue weighted by Crippen LogP contribution is 2.19. The number of hydrogen-bond donors (Lipinski definition) is 2. The zero-order valence-electron chi connectivity index (χ0n) is 28.1. The van der Waals surface area contributed by atoms with Gasteiger partial charge in [-0.15, -0.1) is 6.58 Å². The Balaban J connectivity index is 0.000000432. The minimum atomic E-state index is -0.450. The van der Waals surface area contributed by atoms with Crippen molar-refractivity contribution < 1.29 is 28.7 Å². The Kier molecular flexibility index (Phi) is 21.1. The van der Waals surface area contributed by atoms with Crippen molar-refractivity contribution in [1.82, 2.24) is 15.1 Å². The van der Waals surface area contributed by atoms with E-state index in [1.807, 2.05) is 59.5 Å². The van der Waals surface area contributed by atoms with Gasteiger partial charge in [-0.25, -0.2) is 0 Å². The first kappa shape index (κ1) is 40.0. The number of likely N-dealkylation sites (tertiary alicyclic amines) is 1. The molecule has 46 heavy (non-hydrogen) atoms. The van der Waals surface area contributed by atoms with Crippen LogP contribution in [0.25, 0.3) is 0 Å². The van der Waals surface area contributed by atoms with Crippen molar-refractivity contribution in [3.05, 3.63) is 77.9 Å². The van der Waals surface area contributed by atoms with E-state index in [2.05, 4.69) is 23.6 Å². The molecule has 1 heterocycles. The predicted octanol–water partition coefficient (Wildman–Crippen LogP) is 4.09. The molecule has 1 saturated heterocycles. The second-order valence-electron chi connectivity index (χ2n) is 11.2. The number of aldehydes is 1. The van der Waals surface area contributed by atoms with Gasteiger partial charge in [0.25, 0.3) is 0 Å². The van der Waals surface area contributed by atoms with Gasteiger partial charge < -0.3 is 35.1 Å². The Morgan fingerprint density at radius 3 is 2.22 bits per heavy atom. The molecule has 3 rings (SSSR count). The molecule has 10 nitrogen and oxygen atoms in total. The van der Waals surface area contributed by atoms with Gasteiger partial charge in [-0.3, -0.25) is 14.4 Å². The van der Waals surface area contributed by atoms with Crippen LogP contribution in [-0.4, -0.2) is 87.4 Å². The van der Waals surface area contributed by atoms with Crippen LogP contribution in [0.15, 0.2) is 61.2 Å². The first-order valence-corrected chi connectivity index (χ1v) is 15.9. The molecule has 0 spiro atoms. The average Bonchev–Trinajstić information content (AvgIpc) is 3.50. The molecule has 2 aromatic rings. The number of hydrogen-bond acceptors (Lipinski definition) is 7. The Hall–Kier alpha value is -4.02. The van der Waals surface area contributed by atoms with Crippen LogP contribution in [0.1, 0.15) is 62.1 Å². The summed E-state index contributed by atoms with van der Waals surface area (Å²) in [4.78, 5) is 48.9. The molecule has 1 fully saturated rings. The zero-order valence-corrected chi connectivity index (χ0v) is 28.1. The van der Waals surface area contributed by atoms with Gasteiger partial charge in [0.1, 0.15) is 12.0 Å². The van der Waals surface area contributed by atoms with E-state index < -0.39 is 6.04 Å². The lowest BCUT2D eigenvalue weighted by Crippen LogP contribution is -2.46. The maximum absolute atomic E-state index is 12.3. The summed E-state index contributed by atoms with van der Waals surface area (Å²) in [6, 6.07) is 15.6. The van der Waals surface area contributed by atoms with E-state index in [9.17, 15) is 19.2 Å². The van der Waals surface area contributed by atoms with Gasteiger partial charge in [0, 0.05) is 59.3 Å². The third-order valence-electron chi connectivity index (χ3n) is 7.47. The number of allylic oxidation sites excluding steroid dienone is 1. The molecule has 0 saturated carbocycles. The SMILES string of the molecule is C=CCCCN(Cc1ccc(CCNC=O)cc1)C(=O)CCC=O.COC.COc1ccc(CC(N)C(=O)N2CCCC2C)cc1. The minimum absolute atomic E-state index is 0.00502. The lowest BCUT2D eigenvalue weighted by atomic mass is 10.1. The number of benzene rings is 2. The second kappa shape index (κ2) is 24.2. The van der Waals surface area contributed by atoms with Crippen molar-refractivity contribution in [2.45, 2.75) is 76.9 Å². The number of nitrogens with zero attached hydrogens (tertiary/aromatic N) is 2. The molecule has 1 aliphatic rings. The normalized spacial score (nSPS) is 14.0. The number of methoxy groups -OCH3 is 2. The highest BCUT2D eigenvalue weighted by Gasteiger charge is 2.28. The van der Waals surface area contributed by atoms with Gasteiger partial charge in [-0.2, -0.15) is 0 Å². The van der Waals surface area contributed by atoms with Crippen molar-refractivity contribution in [3.63, 3.8) is 0 Å². The van der Waals surface area contributed by atoms with Gasteiger partial charge in [-0.1, -0.05) is 42.5 Å². The van der Waals surface area contributed by atoms with E-state index in [0.29, 0.717) is 38.5 Å². The number of carbonyl (C=O) groups excluding carboxylic acids is 4. The molecule has 254 valence electrons. The summed E-state index contributed by atoms with van der Waals surface area (Å²) in [5.41, 5.74) is 9.30. The zero-order chi connectivity index (χ0) is 34.2. The number of amides is 3. The van der Waals surface area contributed by atoms with E-state index in [4.69, 9.17) is 10.5 Å². The topological polar surface area (TPSA) is 131 Å². The lowest BCUT2D eigenvalue weighted by molar-refractivity contribution is -0.133. The quantitative estimate of drug-likeness (QED) is 0.152. The Morgan fingerprint density at radius 2 is 1.67 bits per heavy atom. The monoisotopic (exact) mass is 638 g/mol. The summed E-state index contributed by atoms with van der Waals surface area (Å²) in [5, 5.41) is 2.64. The third-order valence-corrected chi connectivity index (χ3v) is 7.47. The van der Waals surface area contributed by atoms with E-state index in [1.54, 1.807) is 26.2 Å². The van der Waals surface area contributed by atoms with Crippen molar-refractivity contribution in [2.24, 2.45) is 5.73 Å². The lowest BCUT2D eigenvalue weighted by Gasteiger charge is -2.25. The summed E-state index contributed by atoms with van der Waals surface area (Å²) >= 11 is 0. The van der Waals surface area contributed by atoms with Crippen LogP contribution < -0.4 is 15.8 Å². The van der Waals surface area contributed by atoms with Crippen LogP contribution in [0.2, 0.25) is 0 Å². The van der Waals surface area contributed by atoms with E-state index >= 15 is 0 Å². The molecule has 0 aliphatic carbocycles. The summed E-state index contributed by atoms with van der Waals surface area (Å²) in [6.07, 6.45) is 9.09. The van der Waals surface area contributed by atoms with E-state index in [0.717, 1.165) is 67.4 Å². The maximum Gasteiger partial charge on any atom is 0.240 e. The summed E-state index contributed by atoms with van der Waals surface area (Å²) < 4.78 is 9.36. The van der Waals surface area contributed by atoms with Gasteiger partial charge in [-0.05, 0) is 74.3 Å². The van der Waals surface area contributed by atoms with Crippen LogP contribution in [0.5, 0.6) is 5.75 Å². The van der Waals surface area contributed by atoms with E-state index in [1.165, 1.54) is 0 Å². The maximum atomic E-state index is 12.3. The molecule has 0 bridgehead atoms. The van der Waals surface area contributed by atoms with Crippen LogP contribution in [0.3, 0.4) is 0 Å². The molecule has 2 aromatic carbocycles. The Bertz CT molecular complexity index is 1160. The summed E-state index contributed by atoms with van der Waals surface area (Å²) in [7, 11) is 4.89. The van der Waals surface area contributed by atoms with Crippen LogP contribution in [0, 0.1) is 0 Å². The molecular weight excluding hydrogens is 584 g/mol. The Morgan fingerprint density at radius 1 is 1.04 bits per heavy atom. The molecule has 0 radical (unpaired) electrons. The number of nitrogens with one attached hydrogen (secondary N) is 1. The summed E-state index contributed by atoms with van der Waals surface area (Å²) in [5.74, 6) is 0.892. The molecule has 3 amide bonds. The number of nitrogens with two attached hydrogens (primary N) is 1. The van der Waals surface area contributed by atoms with Gasteiger partial charge in [0.15, 0.2) is 0 Å². The number of unbranched alkanes of at least 4 members (excludes halogenated alkanes) is 1. The van der Waals surface area contributed by atoms with Crippen LogP contribution in [-0.2, 0) is 43.3 Å². The Labute approximate surface area is 275 Å². The summed E-state index contributed by atoms with van der Waals surface area (Å²) in [6.45, 7) is 8.45. The fourth-order valence-corrected chi connectivity index (χ4v) is 4.94. The third kappa shape index (κ3) is 15.8. The first-order valence-electron chi connectivity index (χ1n) is 15.9. The molecule has 0 aromatic heterocycles. The number of carbonyl (C=O) groups is 4. The molecule has 3 N–H and O–H groups in total. The van der Waals surface area contributed by atoms with Crippen molar-refractivity contribution in [2.75, 3.05) is 41.0 Å². The minimum Gasteiger partial charge on any atom is -0.497 e. The molecule has 10 heteroatoms. The van der Waals surface area contributed by atoms with Crippen LogP contribution in [0.4, 0.5) is 0 Å². The first-order chi connectivity index (χ1) is 22.2. The molecule has 2 atom stereocenters. The van der Waals surface area contributed by atoms with E-state index in [-0.39, 0.29) is 24.7 Å². The van der Waals surface area contributed by atoms with Crippen molar-refractivity contribution in [1.29, 1.82) is 0 Å². The number of rotatable bonds is 17. The highest BCUT2D eigenvalue weighted by molar-refractivity contribution is 5.82.